The second-order valence-corrected chi connectivity index (χ2v) is 8.08. The van der Waals surface area contributed by atoms with Crippen LogP contribution >= 0.6 is 0 Å². The van der Waals surface area contributed by atoms with Crippen LogP contribution in [0.2, 0.25) is 0 Å². The standard InChI is InChI=1S/C25H24N4O4/c1-14-10-11-19(12-15(14)2)29-24(31)22(16(3)28-29)27-26-21-9-5-8-20(23(21)30)17-6-4-7-18(13-17)25(32)33/h4-13,16,22,28,30H,1-3H3,(H,32,33). The van der Waals surface area contributed by atoms with E-state index in [1.165, 1.54) is 17.1 Å². The van der Waals surface area contributed by atoms with Gasteiger partial charge in [-0.2, -0.15) is 10.2 Å². The summed E-state index contributed by atoms with van der Waals surface area (Å²) < 4.78 is 0. The van der Waals surface area contributed by atoms with E-state index >= 15 is 0 Å². The molecule has 0 spiro atoms. The maximum absolute atomic E-state index is 13.0. The maximum atomic E-state index is 13.0. The van der Waals surface area contributed by atoms with Gasteiger partial charge in [0.05, 0.1) is 17.3 Å². The summed E-state index contributed by atoms with van der Waals surface area (Å²) in [6, 6.07) is 15.9. The number of nitrogens with zero attached hydrogens (tertiary/aromatic N) is 3. The minimum atomic E-state index is -1.05. The number of aromatic carboxylic acids is 1. The number of nitrogens with one attached hydrogen (secondary N) is 1. The lowest BCUT2D eigenvalue weighted by Crippen LogP contribution is -2.36. The molecule has 0 saturated carbocycles. The first-order valence-corrected chi connectivity index (χ1v) is 10.5. The van der Waals surface area contributed by atoms with Crippen LogP contribution < -0.4 is 10.4 Å². The van der Waals surface area contributed by atoms with Gasteiger partial charge in [-0.25, -0.2) is 15.2 Å². The van der Waals surface area contributed by atoms with Crippen molar-refractivity contribution in [2.45, 2.75) is 32.9 Å². The molecule has 4 rings (SSSR count). The monoisotopic (exact) mass is 444 g/mol. The molecule has 0 radical (unpaired) electrons. The van der Waals surface area contributed by atoms with Gasteiger partial charge in [0.25, 0.3) is 5.91 Å². The highest BCUT2D eigenvalue weighted by Crippen LogP contribution is 2.38. The fraction of sp³-hybridized carbons (Fsp3) is 0.200. The summed E-state index contributed by atoms with van der Waals surface area (Å²) in [4.78, 5) is 24.3. The highest BCUT2D eigenvalue weighted by Gasteiger charge is 2.39. The van der Waals surface area contributed by atoms with Crippen molar-refractivity contribution in [1.29, 1.82) is 0 Å². The Morgan fingerprint density at radius 3 is 2.52 bits per heavy atom. The highest BCUT2D eigenvalue weighted by molar-refractivity contribution is 5.99. The molecule has 0 aromatic heterocycles. The van der Waals surface area contributed by atoms with Crippen LogP contribution in [-0.2, 0) is 4.79 Å². The average Bonchev–Trinajstić information content (AvgIpc) is 3.08. The SMILES string of the molecule is Cc1ccc(N2NC(C)C(N=Nc3cccc(-c4cccc(C(=O)O)c4)c3O)C2=O)cc1C. The summed E-state index contributed by atoms with van der Waals surface area (Å²) in [6.07, 6.45) is 0. The number of carbonyl (C=O) groups is 2. The minimum absolute atomic E-state index is 0.113. The number of amides is 1. The smallest absolute Gasteiger partial charge is 0.335 e. The summed E-state index contributed by atoms with van der Waals surface area (Å²) in [7, 11) is 0. The molecule has 3 N–H and O–H groups in total. The van der Waals surface area contributed by atoms with E-state index in [1.54, 1.807) is 30.3 Å². The Labute approximate surface area is 191 Å². The molecule has 1 amide bonds. The zero-order chi connectivity index (χ0) is 23.7. The number of phenols is 1. The zero-order valence-electron chi connectivity index (χ0n) is 18.5. The molecule has 1 aliphatic heterocycles. The highest BCUT2D eigenvalue weighted by atomic mass is 16.4. The number of hydrogen-bond donors (Lipinski definition) is 3. The van der Waals surface area contributed by atoms with Crippen LogP contribution in [-0.4, -0.2) is 34.2 Å². The van der Waals surface area contributed by atoms with Gasteiger partial charge in [-0.1, -0.05) is 30.3 Å². The third-order valence-electron chi connectivity index (χ3n) is 5.75. The molecule has 33 heavy (non-hydrogen) atoms. The molecule has 1 heterocycles. The van der Waals surface area contributed by atoms with Gasteiger partial charge in [0.15, 0.2) is 11.8 Å². The first-order chi connectivity index (χ1) is 15.8. The second kappa shape index (κ2) is 8.84. The van der Waals surface area contributed by atoms with E-state index in [4.69, 9.17) is 0 Å². The van der Waals surface area contributed by atoms with Crippen LogP contribution in [0, 0.1) is 13.8 Å². The van der Waals surface area contributed by atoms with Crippen LogP contribution in [0.5, 0.6) is 5.75 Å². The van der Waals surface area contributed by atoms with Crippen molar-refractivity contribution in [1.82, 2.24) is 5.43 Å². The largest absolute Gasteiger partial charge is 0.505 e. The number of carbonyl (C=O) groups excluding carboxylic acids is 1. The normalized spacial score (nSPS) is 18.3. The fourth-order valence-electron chi connectivity index (χ4n) is 3.69. The third-order valence-corrected chi connectivity index (χ3v) is 5.75. The number of anilines is 1. The van der Waals surface area contributed by atoms with Crippen LogP contribution in [0.3, 0.4) is 0 Å². The van der Waals surface area contributed by atoms with Gasteiger partial charge in [-0.15, -0.1) is 0 Å². The lowest BCUT2D eigenvalue weighted by Gasteiger charge is -2.17. The lowest BCUT2D eigenvalue weighted by molar-refractivity contribution is -0.118. The van der Waals surface area contributed by atoms with Crippen molar-refractivity contribution in [2.75, 3.05) is 5.01 Å². The Kier molecular flexibility index (Phi) is 5.93. The maximum Gasteiger partial charge on any atom is 0.335 e. The van der Waals surface area contributed by atoms with Crippen molar-refractivity contribution >= 4 is 23.3 Å². The number of phenolic OH excluding ortho intramolecular Hbond substituents is 1. The van der Waals surface area contributed by atoms with Crippen LogP contribution in [0.25, 0.3) is 11.1 Å². The average molecular weight is 444 g/mol. The van der Waals surface area contributed by atoms with Crippen LogP contribution in [0.4, 0.5) is 11.4 Å². The number of benzene rings is 3. The first kappa shape index (κ1) is 22.2. The topological polar surface area (TPSA) is 115 Å². The molecule has 2 atom stereocenters. The van der Waals surface area contributed by atoms with Crippen molar-refractivity contribution in [3.8, 4) is 16.9 Å². The third kappa shape index (κ3) is 4.33. The quantitative estimate of drug-likeness (QED) is 0.491. The molecule has 3 aromatic carbocycles. The second-order valence-electron chi connectivity index (χ2n) is 8.08. The summed E-state index contributed by atoms with van der Waals surface area (Å²) in [5.41, 5.74) is 7.35. The van der Waals surface area contributed by atoms with Gasteiger partial charge in [0, 0.05) is 5.56 Å². The van der Waals surface area contributed by atoms with Crippen molar-refractivity contribution in [2.24, 2.45) is 10.2 Å². The molecule has 8 nitrogen and oxygen atoms in total. The Bertz CT molecular complexity index is 1270. The predicted octanol–water partition coefficient (Wildman–Crippen LogP) is 4.77. The Hall–Kier alpha value is -4.04. The molecular weight excluding hydrogens is 420 g/mol. The molecule has 2 unspecified atom stereocenters. The molecular formula is C25H24N4O4. The number of rotatable bonds is 5. The fourth-order valence-corrected chi connectivity index (χ4v) is 3.69. The molecule has 1 fully saturated rings. The van der Waals surface area contributed by atoms with Gasteiger partial charge < -0.3 is 10.2 Å². The van der Waals surface area contributed by atoms with E-state index in [-0.39, 0.29) is 28.9 Å². The van der Waals surface area contributed by atoms with Crippen molar-refractivity contribution in [3.05, 3.63) is 77.4 Å². The Morgan fingerprint density at radius 2 is 1.79 bits per heavy atom. The molecule has 8 heteroatoms. The van der Waals surface area contributed by atoms with Gasteiger partial charge in [-0.3, -0.25) is 4.79 Å². The van der Waals surface area contributed by atoms with Gasteiger partial charge >= 0.3 is 5.97 Å². The Balaban J connectivity index is 1.60. The van der Waals surface area contributed by atoms with E-state index < -0.39 is 12.0 Å². The molecule has 1 saturated heterocycles. The molecule has 168 valence electrons. The first-order valence-electron chi connectivity index (χ1n) is 10.5. The van der Waals surface area contributed by atoms with Crippen LogP contribution in [0.15, 0.2) is 70.9 Å². The van der Waals surface area contributed by atoms with Crippen molar-refractivity contribution in [3.63, 3.8) is 0 Å². The van der Waals surface area contributed by atoms with E-state index in [0.717, 1.165) is 16.8 Å². The number of hydrazine groups is 1. The van der Waals surface area contributed by atoms with Crippen molar-refractivity contribution < 1.29 is 19.8 Å². The number of hydrogen-bond acceptors (Lipinski definition) is 6. The van der Waals surface area contributed by atoms with E-state index in [1.807, 2.05) is 39.0 Å². The van der Waals surface area contributed by atoms with Crippen LogP contribution in [0.1, 0.15) is 28.4 Å². The molecule has 0 aliphatic carbocycles. The van der Waals surface area contributed by atoms with E-state index in [0.29, 0.717) is 11.1 Å². The number of aromatic hydroxyl groups is 1. The number of azo groups is 1. The predicted molar refractivity (Wildman–Crippen MR) is 125 cm³/mol. The number of aryl methyl sites for hydroxylation is 2. The zero-order valence-corrected chi connectivity index (χ0v) is 18.5. The number of carboxylic acid groups (broad SMARTS) is 1. The minimum Gasteiger partial charge on any atom is -0.505 e. The Morgan fingerprint density at radius 1 is 1.03 bits per heavy atom. The number of para-hydroxylation sites is 1. The summed E-state index contributed by atoms with van der Waals surface area (Å²) in [5.74, 6) is -1.43. The molecule has 3 aromatic rings. The lowest BCUT2D eigenvalue weighted by atomic mass is 10.0. The van der Waals surface area contributed by atoms with E-state index in [9.17, 15) is 19.8 Å². The molecule has 1 aliphatic rings. The summed E-state index contributed by atoms with van der Waals surface area (Å²) >= 11 is 0. The molecule has 0 bridgehead atoms. The summed E-state index contributed by atoms with van der Waals surface area (Å²) in [6.45, 7) is 5.84. The number of carboxylic acids is 1. The van der Waals surface area contributed by atoms with Gasteiger partial charge in [0.2, 0.25) is 0 Å². The van der Waals surface area contributed by atoms with E-state index in [2.05, 4.69) is 15.7 Å². The summed E-state index contributed by atoms with van der Waals surface area (Å²) in [5, 5.41) is 29.9. The van der Waals surface area contributed by atoms with Gasteiger partial charge in [-0.05, 0) is 67.8 Å². The van der Waals surface area contributed by atoms with Gasteiger partial charge in [0.1, 0.15) is 5.69 Å².